The van der Waals surface area contributed by atoms with Crippen LogP contribution in [0.3, 0.4) is 0 Å². The lowest BCUT2D eigenvalue weighted by Gasteiger charge is -2.22. The van der Waals surface area contributed by atoms with Crippen LogP contribution >= 0.6 is 11.3 Å². The summed E-state index contributed by atoms with van der Waals surface area (Å²) in [5.74, 6) is 0.916. The van der Waals surface area contributed by atoms with Crippen LogP contribution in [0.5, 0.6) is 0 Å². The van der Waals surface area contributed by atoms with Crippen molar-refractivity contribution < 1.29 is 0 Å². The summed E-state index contributed by atoms with van der Waals surface area (Å²) in [4.78, 5) is 6.50. The number of rotatable bonds is 4. The maximum Gasteiger partial charge on any atom is 0.193 e. The molecular formula is C16H21N3S. The van der Waals surface area contributed by atoms with Crippen LogP contribution in [0.1, 0.15) is 16.7 Å². The second-order valence-corrected chi connectivity index (χ2v) is 5.59. The van der Waals surface area contributed by atoms with Crippen LogP contribution in [0.2, 0.25) is 0 Å². The molecule has 106 valence electrons. The second kappa shape index (κ2) is 7.10. The Kier molecular flexibility index (Phi) is 5.18. The summed E-state index contributed by atoms with van der Waals surface area (Å²) in [6, 6.07) is 10.6. The molecule has 4 heteroatoms. The van der Waals surface area contributed by atoms with E-state index < -0.39 is 0 Å². The van der Waals surface area contributed by atoms with Crippen LogP contribution in [0.25, 0.3) is 0 Å². The fraction of sp³-hybridized carbons (Fsp3) is 0.312. The van der Waals surface area contributed by atoms with Crippen molar-refractivity contribution in [3.05, 3.63) is 57.8 Å². The molecule has 2 rings (SSSR count). The lowest BCUT2D eigenvalue weighted by Crippen LogP contribution is -2.38. The Balaban J connectivity index is 1.95. The van der Waals surface area contributed by atoms with Crippen LogP contribution in [0.15, 0.2) is 46.1 Å². The summed E-state index contributed by atoms with van der Waals surface area (Å²) in [5.41, 5.74) is 3.93. The van der Waals surface area contributed by atoms with Crippen molar-refractivity contribution in [2.24, 2.45) is 4.99 Å². The minimum atomic E-state index is 0.814. The number of thiophene rings is 1. The number of guanidine groups is 1. The highest BCUT2D eigenvalue weighted by Crippen LogP contribution is 2.10. The van der Waals surface area contributed by atoms with Crippen LogP contribution < -0.4 is 5.32 Å². The van der Waals surface area contributed by atoms with Gasteiger partial charge in [-0.15, -0.1) is 0 Å². The fourth-order valence-electron chi connectivity index (χ4n) is 2.08. The first-order valence-electron chi connectivity index (χ1n) is 6.68. The van der Waals surface area contributed by atoms with Gasteiger partial charge in [-0.05, 0) is 40.4 Å². The lowest BCUT2D eigenvalue weighted by molar-refractivity contribution is 0.475. The number of aliphatic imine (C=N–C) groups is 1. The number of benzene rings is 1. The molecule has 3 nitrogen and oxygen atoms in total. The average Bonchev–Trinajstić information content (AvgIpc) is 2.95. The van der Waals surface area contributed by atoms with Crippen molar-refractivity contribution in [1.82, 2.24) is 10.2 Å². The van der Waals surface area contributed by atoms with E-state index in [9.17, 15) is 0 Å². The molecule has 0 saturated carbocycles. The second-order valence-electron chi connectivity index (χ2n) is 4.81. The van der Waals surface area contributed by atoms with Gasteiger partial charge < -0.3 is 10.2 Å². The van der Waals surface area contributed by atoms with Crippen molar-refractivity contribution in [2.45, 2.75) is 20.0 Å². The van der Waals surface area contributed by atoms with E-state index in [2.05, 4.69) is 70.3 Å². The maximum absolute atomic E-state index is 4.35. The first kappa shape index (κ1) is 14.6. The molecule has 0 bridgehead atoms. The number of hydrogen-bond acceptors (Lipinski definition) is 2. The molecule has 0 fully saturated rings. The summed E-state index contributed by atoms with van der Waals surface area (Å²) in [7, 11) is 3.89. The summed E-state index contributed by atoms with van der Waals surface area (Å²) in [6.07, 6.45) is 0. The molecule has 0 spiro atoms. The number of aryl methyl sites for hydroxylation is 1. The van der Waals surface area contributed by atoms with Gasteiger partial charge in [-0.2, -0.15) is 11.3 Å². The normalized spacial score (nSPS) is 11.4. The Labute approximate surface area is 125 Å². The number of hydrogen-bond donors (Lipinski definition) is 1. The molecule has 0 aliphatic carbocycles. The molecule has 0 radical (unpaired) electrons. The smallest absolute Gasteiger partial charge is 0.193 e. The molecule has 1 heterocycles. The molecule has 1 aromatic carbocycles. The molecule has 0 aliphatic rings. The van der Waals surface area contributed by atoms with E-state index in [1.807, 2.05) is 7.05 Å². The molecule has 0 atom stereocenters. The van der Waals surface area contributed by atoms with E-state index in [4.69, 9.17) is 0 Å². The third-order valence-corrected chi connectivity index (χ3v) is 4.00. The zero-order chi connectivity index (χ0) is 14.4. The zero-order valence-corrected chi connectivity index (χ0v) is 13.1. The highest BCUT2D eigenvalue weighted by molar-refractivity contribution is 7.07. The quantitative estimate of drug-likeness (QED) is 0.690. The lowest BCUT2D eigenvalue weighted by atomic mass is 10.1. The van der Waals surface area contributed by atoms with Gasteiger partial charge in [0, 0.05) is 27.2 Å². The number of nitrogens with zero attached hydrogens (tertiary/aromatic N) is 2. The summed E-state index contributed by atoms with van der Waals surface area (Å²) in [6.45, 7) is 3.81. The third kappa shape index (κ3) is 3.84. The molecule has 0 aliphatic heterocycles. The van der Waals surface area contributed by atoms with Gasteiger partial charge in [-0.1, -0.05) is 24.3 Å². The Morgan fingerprint density at radius 2 is 2.10 bits per heavy atom. The molecule has 20 heavy (non-hydrogen) atoms. The van der Waals surface area contributed by atoms with Gasteiger partial charge in [-0.25, -0.2) is 0 Å². The van der Waals surface area contributed by atoms with E-state index in [0.717, 1.165) is 19.0 Å². The minimum absolute atomic E-state index is 0.814. The summed E-state index contributed by atoms with van der Waals surface area (Å²) >= 11 is 1.72. The fourth-order valence-corrected chi connectivity index (χ4v) is 2.75. The predicted molar refractivity (Wildman–Crippen MR) is 87.2 cm³/mol. The number of nitrogens with one attached hydrogen (secondary N) is 1. The van der Waals surface area contributed by atoms with Crippen LogP contribution in [-0.2, 0) is 13.1 Å². The molecular weight excluding hydrogens is 266 g/mol. The molecule has 0 amide bonds. The van der Waals surface area contributed by atoms with Crippen molar-refractivity contribution in [3.8, 4) is 0 Å². The topological polar surface area (TPSA) is 27.6 Å². The van der Waals surface area contributed by atoms with Gasteiger partial charge in [0.2, 0.25) is 0 Å². The van der Waals surface area contributed by atoms with Gasteiger partial charge in [0.05, 0.1) is 0 Å². The molecule has 0 unspecified atom stereocenters. The van der Waals surface area contributed by atoms with Crippen molar-refractivity contribution in [2.75, 3.05) is 14.1 Å². The zero-order valence-electron chi connectivity index (χ0n) is 12.3. The summed E-state index contributed by atoms with van der Waals surface area (Å²) < 4.78 is 0. The van der Waals surface area contributed by atoms with E-state index >= 15 is 0 Å². The van der Waals surface area contributed by atoms with Crippen molar-refractivity contribution >= 4 is 17.3 Å². The molecule has 0 saturated heterocycles. The van der Waals surface area contributed by atoms with Gasteiger partial charge in [0.25, 0.3) is 0 Å². The summed E-state index contributed by atoms with van der Waals surface area (Å²) in [5, 5.41) is 7.64. The van der Waals surface area contributed by atoms with Gasteiger partial charge in [-0.3, -0.25) is 4.99 Å². The van der Waals surface area contributed by atoms with Gasteiger partial charge in [0.15, 0.2) is 5.96 Å². The monoisotopic (exact) mass is 287 g/mol. The Morgan fingerprint density at radius 3 is 2.75 bits per heavy atom. The van der Waals surface area contributed by atoms with Gasteiger partial charge >= 0.3 is 0 Å². The molecule has 1 aromatic heterocycles. The van der Waals surface area contributed by atoms with E-state index in [0.29, 0.717) is 0 Å². The standard InChI is InChI=1S/C16H21N3S/c1-13-6-4-5-7-15(13)11-19(3)16(17-2)18-10-14-8-9-20-12-14/h4-9,12H,10-11H2,1-3H3,(H,17,18). The maximum atomic E-state index is 4.35. The van der Waals surface area contributed by atoms with E-state index in [-0.39, 0.29) is 0 Å². The predicted octanol–water partition coefficient (Wildman–Crippen LogP) is 3.26. The molecule has 2 aromatic rings. The van der Waals surface area contributed by atoms with Crippen LogP contribution in [0, 0.1) is 6.92 Å². The first-order chi connectivity index (χ1) is 9.70. The van der Waals surface area contributed by atoms with Crippen LogP contribution in [0.4, 0.5) is 0 Å². The van der Waals surface area contributed by atoms with Gasteiger partial charge in [0.1, 0.15) is 0 Å². The van der Waals surface area contributed by atoms with E-state index in [1.54, 1.807) is 11.3 Å². The van der Waals surface area contributed by atoms with Crippen molar-refractivity contribution in [1.29, 1.82) is 0 Å². The average molecular weight is 287 g/mol. The largest absolute Gasteiger partial charge is 0.352 e. The highest BCUT2D eigenvalue weighted by atomic mass is 32.1. The minimum Gasteiger partial charge on any atom is -0.352 e. The molecule has 1 N–H and O–H groups in total. The Bertz CT molecular complexity index is 561. The first-order valence-corrected chi connectivity index (χ1v) is 7.62. The Hall–Kier alpha value is -1.81. The van der Waals surface area contributed by atoms with E-state index in [1.165, 1.54) is 16.7 Å². The Morgan fingerprint density at radius 1 is 1.30 bits per heavy atom. The highest BCUT2D eigenvalue weighted by Gasteiger charge is 2.07. The SMILES string of the molecule is CN=C(NCc1ccsc1)N(C)Cc1ccccc1C. The third-order valence-electron chi connectivity index (χ3n) is 3.27. The van der Waals surface area contributed by atoms with Crippen LogP contribution in [-0.4, -0.2) is 25.0 Å². The van der Waals surface area contributed by atoms with Crippen molar-refractivity contribution in [3.63, 3.8) is 0 Å².